The molecular formula is C18H24FN3O2. The molecule has 0 saturated carbocycles. The van der Waals surface area contributed by atoms with Crippen LogP contribution in [0.4, 0.5) is 10.1 Å². The second-order valence-corrected chi connectivity index (χ2v) is 7.42. The fraction of sp³-hybridized carbons (Fsp3) is 0.556. The molecule has 3 rings (SSSR count). The Morgan fingerprint density at radius 2 is 2.08 bits per heavy atom. The summed E-state index contributed by atoms with van der Waals surface area (Å²) in [6.07, 6.45) is 1.99. The first kappa shape index (κ1) is 16.9. The molecule has 1 aromatic carbocycles. The quantitative estimate of drug-likeness (QED) is 0.902. The number of likely N-dealkylation sites (tertiary alicyclic amines) is 1. The second-order valence-electron chi connectivity index (χ2n) is 7.42. The Kier molecular flexibility index (Phi) is 4.34. The number of hydrogen-bond donors (Lipinski definition) is 1. The number of hydrogen-bond acceptors (Lipinski definition) is 3. The Morgan fingerprint density at radius 1 is 1.33 bits per heavy atom. The van der Waals surface area contributed by atoms with Crippen molar-refractivity contribution in [2.75, 3.05) is 24.5 Å². The van der Waals surface area contributed by atoms with Crippen LogP contribution in [0.5, 0.6) is 0 Å². The van der Waals surface area contributed by atoms with Gasteiger partial charge in [0.2, 0.25) is 5.91 Å². The Bertz CT molecular complexity index is 674. The summed E-state index contributed by atoms with van der Waals surface area (Å²) < 4.78 is 14.3. The Morgan fingerprint density at radius 3 is 2.71 bits per heavy atom. The van der Waals surface area contributed by atoms with Crippen LogP contribution in [-0.4, -0.2) is 42.4 Å². The molecule has 0 spiro atoms. The third kappa shape index (κ3) is 3.02. The summed E-state index contributed by atoms with van der Waals surface area (Å²) in [5.41, 5.74) is 6.53. The molecule has 24 heavy (non-hydrogen) atoms. The van der Waals surface area contributed by atoms with E-state index >= 15 is 0 Å². The number of halogens is 1. The maximum Gasteiger partial charge on any atom is 0.256 e. The molecule has 1 aromatic rings. The van der Waals surface area contributed by atoms with Gasteiger partial charge in [0.25, 0.3) is 5.91 Å². The van der Waals surface area contributed by atoms with Crippen molar-refractivity contribution >= 4 is 17.5 Å². The highest BCUT2D eigenvalue weighted by Gasteiger charge is 2.36. The second kappa shape index (κ2) is 6.16. The van der Waals surface area contributed by atoms with Crippen LogP contribution in [-0.2, 0) is 4.79 Å². The molecule has 1 atom stereocenters. The highest BCUT2D eigenvalue weighted by Crippen LogP contribution is 2.30. The lowest BCUT2D eigenvalue weighted by atomic mass is 9.79. The third-order valence-corrected chi connectivity index (χ3v) is 5.16. The minimum atomic E-state index is -0.553. The van der Waals surface area contributed by atoms with Gasteiger partial charge in [-0.05, 0) is 36.5 Å². The van der Waals surface area contributed by atoms with Gasteiger partial charge < -0.3 is 15.5 Å². The van der Waals surface area contributed by atoms with Crippen LogP contribution in [0.1, 0.15) is 43.5 Å². The van der Waals surface area contributed by atoms with Crippen molar-refractivity contribution in [1.82, 2.24) is 4.90 Å². The van der Waals surface area contributed by atoms with E-state index < -0.39 is 5.82 Å². The van der Waals surface area contributed by atoms with E-state index in [2.05, 4.69) is 0 Å². The van der Waals surface area contributed by atoms with Gasteiger partial charge in [0.1, 0.15) is 5.82 Å². The maximum atomic E-state index is 14.3. The van der Waals surface area contributed by atoms with Crippen LogP contribution in [0, 0.1) is 11.2 Å². The highest BCUT2D eigenvalue weighted by atomic mass is 19.1. The van der Waals surface area contributed by atoms with Gasteiger partial charge in [0.05, 0.1) is 5.56 Å². The first-order chi connectivity index (χ1) is 11.3. The normalized spacial score (nSPS) is 23.7. The zero-order chi connectivity index (χ0) is 17.5. The summed E-state index contributed by atoms with van der Waals surface area (Å²) in [4.78, 5) is 28.0. The van der Waals surface area contributed by atoms with Gasteiger partial charge in [-0.15, -0.1) is 0 Å². The van der Waals surface area contributed by atoms with E-state index in [9.17, 15) is 14.0 Å². The molecule has 2 amide bonds. The minimum absolute atomic E-state index is 0.0186. The maximum absolute atomic E-state index is 14.3. The van der Waals surface area contributed by atoms with Gasteiger partial charge in [-0.3, -0.25) is 9.59 Å². The van der Waals surface area contributed by atoms with Gasteiger partial charge in [-0.25, -0.2) is 4.39 Å². The van der Waals surface area contributed by atoms with E-state index in [1.807, 2.05) is 13.8 Å². The number of amides is 2. The topological polar surface area (TPSA) is 66.6 Å². The van der Waals surface area contributed by atoms with Gasteiger partial charge in [-0.1, -0.05) is 13.8 Å². The molecule has 0 aliphatic carbocycles. The zero-order valence-corrected chi connectivity index (χ0v) is 14.2. The molecule has 2 aliphatic rings. The third-order valence-electron chi connectivity index (χ3n) is 5.16. The number of carbonyl (C=O) groups excluding carboxylic acids is 2. The van der Waals surface area contributed by atoms with Gasteiger partial charge in [0.15, 0.2) is 0 Å². The van der Waals surface area contributed by atoms with Crippen molar-refractivity contribution in [2.45, 2.75) is 39.2 Å². The molecule has 1 unspecified atom stereocenters. The van der Waals surface area contributed by atoms with Crippen molar-refractivity contribution in [3.63, 3.8) is 0 Å². The Balaban J connectivity index is 1.86. The van der Waals surface area contributed by atoms with E-state index in [0.717, 1.165) is 6.42 Å². The summed E-state index contributed by atoms with van der Waals surface area (Å²) in [5.74, 6) is -0.867. The SMILES string of the molecule is CC1(C)CN(C(=O)c2cc(N3CCCC3=O)ccc2F)CCC1N. The van der Waals surface area contributed by atoms with Gasteiger partial charge in [-0.2, -0.15) is 0 Å². The van der Waals surface area contributed by atoms with Gasteiger partial charge in [0, 0.05) is 37.8 Å². The van der Waals surface area contributed by atoms with Crippen LogP contribution < -0.4 is 10.6 Å². The minimum Gasteiger partial charge on any atom is -0.338 e. The number of anilines is 1. The molecule has 130 valence electrons. The monoisotopic (exact) mass is 333 g/mol. The summed E-state index contributed by atoms with van der Waals surface area (Å²) in [5, 5.41) is 0. The molecule has 5 nitrogen and oxygen atoms in total. The lowest BCUT2D eigenvalue weighted by molar-refractivity contribution is -0.117. The highest BCUT2D eigenvalue weighted by molar-refractivity contribution is 5.99. The number of nitrogens with zero attached hydrogens (tertiary/aromatic N) is 2. The summed E-state index contributed by atoms with van der Waals surface area (Å²) in [6.45, 7) is 5.68. The lowest BCUT2D eigenvalue weighted by Crippen LogP contribution is -2.54. The molecule has 0 bridgehead atoms. The van der Waals surface area contributed by atoms with Crippen molar-refractivity contribution in [2.24, 2.45) is 11.1 Å². The molecule has 2 heterocycles. The molecule has 6 heteroatoms. The van der Waals surface area contributed by atoms with Crippen LogP contribution in [0.2, 0.25) is 0 Å². The number of piperidine rings is 1. The first-order valence-electron chi connectivity index (χ1n) is 8.44. The molecular weight excluding hydrogens is 309 g/mol. The van der Waals surface area contributed by atoms with E-state index in [0.29, 0.717) is 38.2 Å². The van der Waals surface area contributed by atoms with Crippen LogP contribution in [0.3, 0.4) is 0 Å². The predicted octanol–water partition coefficient (Wildman–Crippen LogP) is 2.15. The number of carbonyl (C=O) groups is 2. The molecule has 2 saturated heterocycles. The van der Waals surface area contributed by atoms with E-state index in [1.54, 1.807) is 15.9 Å². The Labute approximate surface area is 141 Å². The predicted molar refractivity (Wildman–Crippen MR) is 90.3 cm³/mol. The molecule has 0 aromatic heterocycles. The standard InChI is InChI=1S/C18H24FN3O2/c1-18(2)11-21(9-7-15(18)20)17(24)13-10-12(5-6-14(13)19)22-8-3-4-16(22)23/h5-6,10,15H,3-4,7-9,11,20H2,1-2H3. The summed E-state index contributed by atoms with van der Waals surface area (Å²) in [6, 6.07) is 4.36. The molecule has 0 radical (unpaired) electrons. The lowest BCUT2D eigenvalue weighted by Gasteiger charge is -2.42. The zero-order valence-electron chi connectivity index (χ0n) is 14.2. The average Bonchev–Trinajstić information content (AvgIpc) is 2.96. The molecule has 2 fully saturated rings. The van der Waals surface area contributed by atoms with Crippen LogP contribution in [0.15, 0.2) is 18.2 Å². The first-order valence-corrected chi connectivity index (χ1v) is 8.44. The molecule has 2 N–H and O–H groups in total. The fourth-order valence-electron chi connectivity index (χ4n) is 3.48. The summed E-state index contributed by atoms with van der Waals surface area (Å²) in [7, 11) is 0. The molecule has 2 aliphatic heterocycles. The average molecular weight is 333 g/mol. The van der Waals surface area contributed by atoms with Crippen molar-refractivity contribution < 1.29 is 14.0 Å². The number of nitrogens with two attached hydrogens (primary N) is 1. The summed E-state index contributed by atoms with van der Waals surface area (Å²) >= 11 is 0. The smallest absolute Gasteiger partial charge is 0.256 e. The number of rotatable bonds is 2. The van der Waals surface area contributed by atoms with Crippen molar-refractivity contribution in [1.29, 1.82) is 0 Å². The van der Waals surface area contributed by atoms with Crippen molar-refractivity contribution in [3.05, 3.63) is 29.6 Å². The number of benzene rings is 1. The Hall–Kier alpha value is -1.95. The largest absolute Gasteiger partial charge is 0.338 e. The fourth-order valence-corrected chi connectivity index (χ4v) is 3.48. The van der Waals surface area contributed by atoms with E-state index in [-0.39, 0.29) is 28.8 Å². The van der Waals surface area contributed by atoms with Crippen molar-refractivity contribution in [3.8, 4) is 0 Å². The van der Waals surface area contributed by atoms with Crippen LogP contribution in [0.25, 0.3) is 0 Å². The van der Waals surface area contributed by atoms with E-state index in [4.69, 9.17) is 5.73 Å². The van der Waals surface area contributed by atoms with Crippen LogP contribution >= 0.6 is 0 Å². The van der Waals surface area contributed by atoms with Gasteiger partial charge >= 0.3 is 0 Å². The van der Waals surface area contributed by atoms with E-state index in [1.165, 1.54) is 12.1 Å².